The van der Waals surface area contributed by atoms with Gasteiger partial charge in [-0.2, -0.15) is 5.10 Å². The van der Waals surface area contributed by atoms with Gasteiger partial charge in [-0.05, 0) is 45.7 Å². The van der Waals surface area contributed by atoms with Gasteiger partial charge < -0.3 is 15.4 Å². The SMILES string of the molecule is CC(C)(C)OC(=O)N1Cc2ccnn2C[C@@H](CCN)C1. The molecule has 0 unspecified atom stereocenters. The fourth-order valence-electron chi connectivity index (χ4n) is 2.42. The molecule has 2 N–H and O–H groups in total. The molecule has 0 saturated carbocycles. The molecule has 6 heteroatoms. The van der Waals surface area contributed by atoms with E-state index < -0.39 is 5.60 Å². The number of ether oxygens (including phenoxy) is 1. The highest BCUT2D eigenvalue weighted by Crippen LogP contribution is 2.20. The Kier molecular flexibility index (Phi) is 4.32. The minimum Gasteiger partial charge on any atom is -0.444 e. The lowest BCUT2D eigenvalue weighted by Gasteiger charge is -2.28. The van der Waals surface area contributed by atoms with Crippen LogP contribution in [-0.4, -0.2) is 39.5 Å². The van der Waals surface area contributed by atoms with Gasteiger partial charge in [0.1, 0.15) is 5.60 Å². The zero-order chi connectivity index (χ0) is 14.8. The summed E-state index contributed by atoms with van der Waals surface area (Å²) >= 11 is 0. The zero-order valence-electron chi connectivity index (χ0n) is 12.5. The van der Waals surface area contributed by atoms with Crippen LogP contribution in [0.4, 0.5) is 4.79 Å². The molecule has 0 aliphatic carbocycles. The van der Waals surface area contributed by atoms with Crippen LogP contribution in [0.15, 0.2) is 12.3 Å². The number of nitrogens with zero attached hydrogens (tertiary/aromatic N) is 3. The van der Waals surface area contributed by atoms with E-state index in [1.165, 1.54) is 0 Å². The summed E-state index contributed by atoms with van der Waals surface area (Å²) in [5.74, 6) is 0.314. The second-order valence-electron chi connectivity index (χ2n) is 6.31. The Morgan fingerprint density at radius 2 is 2.25 bits per heavy atom. The molecule has 6 nitrogen and oxygen atoms in total. The van der Waals surface area contributed by atoms with Crippen molar-refractivity contribution in [1.82, 2.24) is 14.7 Å². The third-order valence-corrected chi connectivity index (χ3v) is 3.29. The van der Waals surface area contributed by atoms with Crippen LogP contribution in [0.25, 0.3) is 0 Å². The predicted molar refractivity (Wildman–Crippen MR) is 76.0 cm³/mol. The Morgan fingerprint density at radius 3 is 2.90 bits per heavy atom. The van der Waals surface area contributed by atoms with Crippen LogP contribution in [-0.2, 0) is 17.8 Å². The standard InChI is InChI=1S/C14H24N4O2/c1-14(2,3)20-13(19)17-8-11(4-6-15)9-18-12(10-17)5-7-16-18/h5,7,11H,4,6,8-10,15H2,1-3H3/t11-/m0/s1. The molecule has 0 saturated heterocycles. The molecule has 1 atom stereocenters. The van der Waals surface area contributed by atoms with E-state index in [4.69, 9.17) is 10.5 Å². The Labute approximate surface area is 119 Å². The summed E-state index contributed by atoms with van der Waals surface area (Å²) in [5.41, 5.74) is 6.22. The van der Waals surface area contributed by atoms with Gasteiger partial charge in [-0.1, -0.05) is 0 Å². The average Bonchev–Trinajstić information content (AvgIpc) is 2.66. The van der Waals surface area contributed by atoms with Crippen LogP contribution < -0.4 is 5.73 Å². The molecular weight excluding hydrogens is 256 g/mol. The highest BCUT2D eigenvalue weighted by atomic mass is 16.6. The molecule has 0 aromatic carbocycles. The number of amides is 1. The van der Waals surface area contributed by atoms with E-state index in [0.717, 1.165) is 18.7 Å². The van der Waals surface area contributed by atoms with Gasteiger partial charge in [-0.15, -0.1) is 0 Å². The molecule has 0 spiro atoms. The highest BCUT2D eigenvalue weighted by molar-refractivity contribution is 5.68. The molecule has 0 bridgehead atoms. The number of fused-ring (bicyclic) bond motifs is 1. The predicted octanol–water partition coefficient (Wildman–Crippen LogP) is 1.60. The summed E-state index contributed by atoms with van der Waals surface area (Å²) in [6.07, 6.45) is 2.38. The number of aromatic nitrogens is 2. The minimum absolute atomic E-state index is 0.269. The summed E-state index contributed by atoms with van der Waals surface area (Å²) < 4.78 is 7.44. The van der Waals surface area contributed by atoms with Crippen molar-refractivity contribution in [2.75, 3.05) is 13.1 Å². The lowest BCUT2D eigenvalue weighted by atomic mass is 10.1. The first kappa shape index (κ1) is 14.8. The van der Waals surface area contributed by atoms with Crippen molar-refractivity contribution < 1.29 is 9.53 Å². The number of rotatable bonds is 2. The molecule has 2 heterocycles. The van der Waals surface area contributed by atoms with E-state index in [1.807, 2.05) is 31.5 Å². The van der Waals surface area contributed by atoms with Gasteiger partial charge in [-0.25, -0.2) is 4.79 Å². The van der Waals surface area contributed by atoms with Gasteiger partial charge in [0.05, 0.1) is 12.2 Å². The van der Waals surface area contributed by atoms with Crippen LogP contribution in [0.1, 0.15) is 32.9 Å². The molecule has 1 aliphatic rings. The number of carbonyl (C=O) groups excluding carboxylic acids is 1. The summed E-state index contributed by atoms with van der Waals surface area (Å²) in [7, 11) is 0. The number of carbonyl (C=O) groups is 1. The number of nitrogens with two attached hydrogens (primary N) is 1. The molecule has 20 heavy (non-hydrogen) atoms. The Morgan fingerprint density at radius 1 is 1.50 bits per heavy atom. The number of hydrogen-bond donors (Lipinski definition) is 1. The quantitative estimate of drug-likeness (QED) is 0.893. The van der Waals surface area contributed by atoms with Crippen LogP contribution in [0.5, 0.6) is 0 Å². The molecule has 1 aliphatic heterocycles. The van der Waals surface area contributed by atoms with E-state index in [0.29, 0.717) is 25.6 Å². The van der Waals surface area contributed by atoms with Crippen molar-refractivity contribution in [1.29, 1.82) is 0 Å². The monoisotopic (exact) mass is 280 g/mol. The smallest absolute Gasteiger partial charge is 0.410 e. The Balaban J connectivity index is 2.14. The first-order chi connectivity index (χ1) is 9.39. The van der Waals surface area contributed by atoms with Gasteiger partial charge in [0.2, 0.25) is 0 Å². The zero-order valence-corrected chi connectivity index (χ0v) is 12.5. The van der Waals surface area contributed by atoms with E-state index >= 15 is 0 Å². The lowest BCUT2D eigenvalue weighted by Crippen LogP contribution is -2.38. The molecule has 1 aromatic rings. The van der Waals surface area contributed by atoms with Gasteiger partial charge in [-0.3, -0.25) is 4.68 Å². The topological polar surface area (TPSA) is 73.4 Å². The summed E-state index contributed by atoms with van der Waals surface area (Å²) in [4.78, 5) is 14.0. The number of hydrogen-bond acceptors (Lipinski definition) is 4. The fourth-order valence-corrected chi connectivity index (χ4v) is 2.42. The van der Waals surface area contributed by atoms with Gasteiger partial charge in [0.15, 0.2) is 0 Å². The second kappa shape index (κ2) is 5.83. The molecule has 112 valence electrons. The normalized spacial score (nSPS) is 19.4. The first-order valence-corrected chi connectivity index (χ1v) is 7.08. The fraction of sp³-hybridized carbons (Fsp3) is 0.714. The molecule has 0 fully saturated rings. The maximum Gasteiger partial charge on any atom is 0.410 e. The third kappa shape index (κ3) is 3.72. The highest BCUT2D eigenvalue weighted by Gasteiger charge is 2.28. The molecule has 1 aromatic heterocycles. The Bertz CT molecular complexity index is 464. The van der Waals surface area contributed by atoms with Gasteiger partial charge in [0, 0.05) is 19.3 Å². The van der Waals surface area contributed by atoms with Gasteiger partial charge >= 0.3 is 6.09 Å². The lowest BCUT2D eigenvalue weighted by molar-refractivity contribution is 0.0208. The molecular formula is C14H24N4O2. The Hall–Kier alpha value is -1.56. The van der Waals surface area contributed by atoms with E-state index in [-0.39, 0.29) is 6.09 Å². The van der Waals surface area contributed by atoms with Gasteiger partial charge in [0.25, 0.3) is 0 Å². The van der Waals surface area contributed by atoms with Crippen molar-refractivity contribution in [3.8, 4) is 0 Å². The van der Waals surface area contributed by atoms with Crippen LogP contribution in [0.3, 0.4) is 0 Å². The summed E-state index contributed by atoms with van der Waals surface area (Å²) in [5, 5.41) is 4.31. The van der Waals surface area contributed by atoms with Crippen LogP contribution in [0.2, 0.25) is 0 Å². The maximum absolute atomic E-state index is 12.3. The summed E-state index contributed by atoms with van der Waals surface area (Å²) in [6, 6.07) is 1.95. The second-order valence-corrected chi connectivity index (χ2v) is 6.31. The van der Waals surface area contributed by atoms with Crippen molar-refractivity contribution in [2.45, 2.75) is 45.9 Å². The van der Waals surface area contributed by atoms with Crippen LogP contribution >= 0.6 is 0 Å². The maximum atomic E-state index is 12.3. The van der Waals surface area contributed by atoms with Crippen molar-refractivity contribution in [3.63, 3.8) is 0 Å². The van der Waals surface area contributed by atoms with E-state index in [1.54, 1.807) is 11.1 Å². The first-order valence-electron chi connectivity index (χ1n) is 7.08. The summed E-state index contributed by atoms with van der Waals surface area (Å²) in [6.45, 7) is 8.26. The van der Waals surface area contributed by atoms with E-state index in [2.05, 4.69) is 5.10 Å². The molecule has 2 rings (SSSR count). The van der Waals surface area contributed by atoms with Crippen molar-refractivity contribution >= 4 is 6.09 Å². The minimum atomic E-state index is -0.479. The van der Waals surface area contributed by atoms with Crippen molar-refractivity contribution in [3.05, 3.63) is 18.0 Å². The average molecular weight is 280 g/mol. The van der Waals surface area contributed by atoms with E-state index in [9.17, 15) is 4.79 Å². The molecule has 0 radical (unpaired) electrons. The molecule has 1 amide bonds. The van der Waals surface area contributed by atoms with Crippen LogP contribution in [0, 0.1) is 5.92 Å². The third-order valence-electron chi connectivity index (χ3n) is 3.29. The largest absolute Gasteiger partial charge is 0.444 e. The van der Waals surface area contributed by atoms with Crippen molar-refractivity contribution in [2.24, 2.45) is 11.7 Å².